The molecule has 0 bridgehead atoms. The van der Waals surface area contributed by atoms with Gasteiger partial charge in [-0.15, -0.1) is 0 Å². The SMILES string of the molecule is CC(C)c1cc(C(=O)NC2CCC(CO)CC2)c2ccccc2n1. The lowest BCUT2D eigenvalue weighted by Crippen LogP contribution is -2.38. The summed E-state index contributed by atoms with van der Waals surface area (Å²) in [6.45, 7) is 4.44. The van der Waals surface area contributed by atoms with E-state index < -0.39 is 0 Å². The molecular weight excluding hydrogens is 300 g/mol. The number of aliphatic hydroxyl groups excluding tert-OH is 1. The monoisotopic (exact) mass is 326 g/mol. The number of nitrogens with zero attached hydrogens (tertiary/aromatic N) is 1. The highest BCUT2D eigenvalue weighted by Gasteiger charge is 2.23. The number of hydrogen-bond acceptors (Lipinski definition) is 3. The van der Waals surface area contributed by atoms with Gasteiger partial charge in [-0.05, 0) is 49.7 Å². The van der Waals surface area contributed by atoms with Gasteiger partial charge in [-0.2, -0.15) is 0 Å². The molecule has 2 aromatic rings. The Morgan fingerprint density at radius 1 is 1.25 bits per heavy atom. The molecule has 1 aliphatic rings. The lowest BCUT2D eigenvalue weighted by Gasteiger charge is -2.28. The topological polar surface area (TPSA) is 62.2 Å². The molecule has 1 aromatic carbocycles. The first-order chi connectivity index (χ1) is 11.6. The first-order valence-corrected chi connectivity index (χ1v) is 8.90. The Kier molecular flexibility index (Phi) is 5.14. The molecule has 1 heterocycles. The molecule has 0 radical (unpaired) electrons. The maximum atomic E-state index is 12.9. The number of hydrogen-bond donors (Lipinski definition) is 2. The molecule has 1 saturated carbocycles. The molecule has 128 valence electrons. The van der Waals surface area contributed by atoms with Gasteiger partial charge in [0, 0.05) is 23.7 Å². The summed E-state index contributed by atoms with van der Waals surface area (Å²) in [7, 11) is 0. The molecule has 1 aliphatic carbocycles. The molecule has 2 N–H and O–H groups in total. The Morgan fingerprint density at radius 2 is 1.96 bits per heavy atom. The van der Waals surface area contributed by atoms with Gasteiger partial charge in [-0.3, -0.25) is 9.78 Å². The number of amides is 1. The third kappa shape index (κ3) is 3.59. The van der Waals surface area contributed by atoms with Crippen LogP contribution in [0.1, 0.15) is 61.5 Å². The Morgan fingerprint density at radius 3 is 2.62 bits per heavy atom. The molecule has 24 heavy (non-hydrogen) atoms. The summed E-state index contributed by atoms with van der Waals surface area (Å²) in [6.07, 6.45) is 3.85. The Balaban J connectivity index is 1.84. The van der Waals surface area contributed by atoms with Crippen LogP contribution in [0.3, 0.4) is 0 Å². The van der Waals surface area contributed by atoms with Crippen LogP contribution in [-0.2, 0) is 0 Å². The van der Waals surface area contributed by atoms with Gasteiger partial charge in [-0.25, -0.2) is 0 Å². The van der Waals surface area contributed by atoms with Gasteiger partial charge in [-0.1, -0.05) is 32.0 Å². The maximum Gasteiger partial charge on any atom is 0.252 e. The van der Waals surface area contributed by atoms with Crippen molar-refractivity contribution in [1.29, 1.82) is 0 Å². The normalized spacial score (nSPS) is 21.2. The van der Waals surface area contributed by atoms with Gasteiger partial charge < -0.3 is 10.4 Å². The van der Waals surface area contributed by atoms with E-state index in [-0.39, 0.29) is 24.5 Å². The number of benzene rings is 1. The third-order valence-corrected chi connectivity index (χ3v) is 5.01. The summed E-state index contributed by atoms with van der Waals surface area (Å²) < 4.78 is 0. The van der Waals surface area contributed by atoms with Crippen molar-refractivity contribution in [1.82, 2.24) is 10.3 Å². The minimum absolute atomic E-state index is 0.0112. The summed E-state index contributed by atoms with van der Waals surface area (Å²) in [5, 5.41) is 13.3. The van der Waals surface area contributed by atoms with Crippen molar-refractivity contribution in [3.05, 3.63) is 41.6 Å². The van der Waals surface area contributed by atoms with Crippen molar-refractivity contribution >= 4 is 16.8 Å². The van der Waals surface area contributed by atoms with E-state index in [1.807, 2.05) is 30.3 Å². The van der Waals surface area contributed by atoms with Crippen LogP contribution in [0.5, 0.6) is 0 Å². The molecular formula is C20H26N2O2. The van der Waals surface area contributed by atoms with E-state index in [2.05, 4.69) is 24.1 Å². The van der Waals surface area contributed by atoms with Crippen LogP contribution in [0.2, 0.25) is 0 Å². The molecule has 4 heteroatoms. The molecule has 0 unspecified atom stereocenters. The van der Waals surface area contributed by atoms with E-state index in [1.54, 1.807) is 0 Å². The number of pyridine rings is 1. The minimum Gasteiger partial charge on any atom is -0.396 e. The van der Waals surface area contributed by atoms with Crippen LogP contribution in [0.15, 0.2) is 30.3 Å². The largest absolute Gasteiger partial charge is 0.396 e. The van der Waals surface area contributed by atoms with Crippen molar-refractivity contribution in [2.45, 2.75) is 51.5 Å². The molecule has 0 saturated heterocycles. The number of aliphatic hydroxyl groups is 1. The Labute approximate surface area is 143 Å². The van der Waals surface area contributed by atoms with Crippen LogP contribution in [0.4, 0.5) is 0 Å². The molecule has 0 atom stereocenters. The molecule has 1 amide bonds. The molecule has 4 nitrogen and oxygen atoms in total. The summed E-state index contributed by atoms with van der Waals surface area (Å²) in [6, 6.07) is 9.96. The predicted octanol–water partition coefficient (Wildman–Crippen LogP) is 3.64. The number of rotatable bonds is 4. The predicted molar refractivity (Wildman–Crippen MR) is 96.1 cm³/mol. The summed E-state index contributed by atoms with van der Waals surface area (Å²) in [4.78, 5) is 17.5. The van der Waals surface area contributed by atoms with Gasteiger partial charge in [0.1, 0.15) is 0 Å². The quantitative estimate of drug-likeness (QED) is 0.901. The fraction of sp³-hybridized carbons (Fsp3) is 0.500. The number of aromatic nitrogens is 1. The maximum absolute atomic E-state index is 12.9. The molecule has 1 aromatic heterocycles. The van der Waals surface area contributed by atoms with Crippen molar-refractivity contribution in [2.75, 3.05) is 6.61 Å². The summed E-state index contributed by atoms with van der Waals surface area (Å²) in [5.41, 5.74) is 2.54. The lowest BCUT2D eigenvalue weighted by molar-refractivity contribution is 0.0915. The van der Waals surface area contributed by atoms with Gasteiger partial charge in [0.05, 0.1) is 11.1 Å². The Hall–Kier alpha value is -1.94. The van der Waals surface area contributed by atoms with E-state index in [0.717, 1.165) is 42.3 Å². The van der Waals surface area contributed by atoms with Gasteiger partial charge >= 0.3 is 0 Å². The Bertz CT molecular complexity index is 719. The standard InChI is InChI=1S/C20H26N2O2/c1-13(2)19-11-17(16-5-3-4-6-18(16)22-19)20(24)21-15-9-7-14(12-23)8-10-15/h3-6,11,13-15,23H,7-10,12H2,1-2H3,(H,21,24). The van der Waals surface area contributed by atoms with Gasteiger partial charge in [0.15, 0.2) is 0 Å². The van der Waals surface area contributed by atoms with Gasteiger partial charge in [0.25, 0.3) is 5.91 Å². The highest BCUT2D eigenvalue weighted by Crippen LogP contribution is 2.26. The molecule has 3 rings (SSSR count). The van der Waals surface area contributed by atoms with Crippen LogP contribution < -0.4 is 5.32 Å². The lowest BCUT2D eigenvalue weighted by atomic mass is 9.86. The minimum atomic E-state index is -0.0112. The summed E-state index contributed by atoms with van der Waals surface area (Å²) in [5.74, 6) is 0.663. The van der Waals surface area contributed by atoms with Crippen LogP contribution in [0, 0.1) is 5.92 Å². The third-order valence-electron chi connectivity index (χ3n) is 5.01. The molecule has 0 aliphatic heterocycles. The second-order valence-corrected chi connectivity index (χ2v) is 7.14. The number of para-hydroxylation sites is 1. The van der Waals surface area contributed by atoms with Crippen LogP contribution in [0.25, 0.3) is 10.9 Å². The smallest absolute Gasteiger partial charge is 0.252 e. The van der Waals surface area contributed by atoms with E-state index >= 15 is 0 Å². The number of carbonyl (C=O) groups excluding carboxylic acids is 1. The average molecular weight is 326 g/mol. The highest BCUT2D eigenvalue weighted by molar-refractivity contribution is 6.06. The fourth-order valence-electron chi connectivity index (χ4n) is 3.43. The summed E-state index contributed by atoms with van der Waals surface area (Å²) >= 11 is 0. The zero-order chi connectivity index (χ0) is 17.1. The number of fused-ring (bicyclic) bond motifs is 1. The van der Waals surface area contributed by atoms with Gasteiger partial charge in [0.2, 0.25) is 0 Å². The zero-order valence-electron chi connectivity index (χ0n) is 14.5. The first kappa shape index (κ1) is 16.9. The molecule has 0 spiro atoms. The fourth-order valence-corrected chi connectivity index (χ4v) is 3.43. The first-order valence-electron chi connectivity index (χ1n) is 8.90. The second kappa shape index (κ2) is 7.31. The van der Waals surface area contributed by atoms with Crippen LogP contribution in [-0.4, -0.2) is 28.6 Å². The van der Waals surface area contributed by atoms with Crippen molar-refractivity contribution < 1.29 is 9.90 Å². The van der Waals surface area contributed by atoms with Crippen molar-refractivity contribution in [3.63, 3.8) is 0 Å². The van der Waals surface area contributed by atoms with Crippen molar-refractivity contribution in [3.8, 4) is 0 Å². The second-order valence-electron chi connectivity index (χ2n) is 7.14. The molecule has 1 fully saturated rings. The number of carbonyl (C=O) groups is 1. The van der Waals surface area contributed by atoms with E-state index in [0.29, 0.717) is 11.5 Å². The van der Waals surface area contributed by atoms with E-state index in [4.69, 9.17) is 0 Å². The van der Waals surface area contributed by atoms with Crippen LogP contribution >= 0.6 is 0 Å². The highest BCUT2D eigenvalue weighted by atomic mass is 16.3. The van der Waals surface area contributed by atoms with E-state index in [9.17, 15) is 9.90 Å². The average Bonchev–Trinajstić information content (AvgIpc) is 2.61. The van der Waals surface area contributed by atoms with Crippen molar-refractivity contribution in [2.24, 2.45) is 5.92 Å². The van der Waals surface area contributed by atoms with E-state index in [1.165, 1.54) is 0 Å². The number of nitrogens with one attached hydrogen (secondary N) is 1. The zero-order valence-corrected chi connectivity index (χ0v) is 14.5.